The van der Waals surface area contributed by atoms with Crippen LogP contribution in [0, 0.1) is 0 Å². The summed E-state index contributed by atoms with van der Waals surface area (Å²) < 4.78 is 0. The highest BCUT2D eigenvalue weighted by Gasteiger charge is 2.16. The maximum Gasteiger partial charge on any atom is 0.223 e. The zero-order valence-corrected chi connectivity index (χ0v) is 8.42. The van der Waals surface area contributed by atoms with Crippen molar-refractivity contribution in [2.24, 2.45) is 0 Å². The van der Waals surface area contributed by atoms with Crippen molar-refractivity contribution >= 4 is 5.91 Å². The summed E-state index contributed by atoms with van der Waals surface area (Å²) in [5.41, 5.74) is 0. The maximum atomic E-state index is 11.4. The van der Waals surface area contributed by atoms with Gasteiger partial charge in [-0.1, -0.05) is 0 Å². The SMILES string of the molecule is CN(C)C(=O)CC1C[N]CCCN1. The molecule has 1 unspecified atom stereocenters. The third-order valence-electron chi connectivity index (χ3n) is 2.20. The van der Waals surface area contributed by atoms with Gasteiger partial charge in [0.25, 0.3) is 0 Å². The lowest BCUT2D eigenvalue weighted by molar-refractivity contribution is -0.129. The highest BCUT2D eigenvalue weighted by molar-refractivity contribution is 5.76. The normalized spacial score (nSPS) is 23.7. The molecule has 75 valence electrons. The van der Waals surface area contributed by atoms with Gasteiger partial charge in [0.2, 0.25) is 5.91 Å². The van der Waals surface area contributed by atoms with Crippen LogP contribution in [0.25, 0.3) is 0 Å². The van der Waals surface area contributed by atoms with Crippen LogP contribution >= 0.6 is 0 Å². The summed E-state index contributed by atoms with van der Waals surface area (Å²) in [4.78, 5) is 13.0. The summed E-state index contributed by atoms with van der Waals surface area (Å²) in [7, 11) is 3.58. The van der Waals surface area contributed by atoms with E-state index < -0.39 is 0 Å². The van der Waals surface area contributed by atoms with E-state index in [0.29, 0.717) is 6.42 Å². The van der Waals surface area contributed by atoms with E-state index in [1.54, 1.807) is 19.0 Å². The summed E-state index contributed by atoms with van der Waals surface area (Å²) in [6.45, 7) is 2.69. The Morgan fingerprint density at radius 3 is 3.08 bits per heavy atom. The van der Waals surface area contributed by atoms with Crippen LogP contribution in [-0.4, -0.2) is 50.6 Å². The van der Waals surface area contributed by atoms with E-state index in [-0.39, 0.29) is 11.9 Å². The van der Waals surface area contributed by atoms with E-state index in [1.165, 1.54) is 0 Å². The predicted molar refractivity (Wildman–Crippen MR) is 51.6 cm³/mol. The molecule has 1 atom stereocenters. The second kappa shape index (κ2) is 5.19. The molecule has 13 heavy (non-hydrogen) atoms. The Kier molecular flexibility index (Phi) is 4.18. The van der Waals surface area contributed by atoms with Crippen molar-refractivity contribution in [3.05, 3.63) is 0 Å². The molecule has 1 fully saturated rings. The molecule has 0 aromatic carbocycles. The molecule has 4 nitrogen and oxygen atoms in total. The lowest BCUT2D eigenvalue weighted by atomic mass is 10.2. The Bertz CT molecular complexity index is 162. The van der Waals surface area contributed by atoms with Crippen LogP contribution in [0.5, 0.6) is 0 Å². The van der Waals surface area contributed by atoms with Crippen LogP contribution in [0.1, 0.15) is 12.8 Å². The van der Waals surface area contributed by atoms with Crippen LogP contribution in [0.3, 0.4) is 0 Å². The van der Waals surface area contributed by atoms with E-state index in [2.05, 4.69) is 10.6 Å². The first-order valence-electron chi connectivity index (χ1n) is 4.77. The molecular formula is C9H18N3O. The quantitative estimate of drug-likeness (QED) is 0.625. The van der Waals surface area contributed by atoms with Crippen LogP contribution in [0.15, 0.2) is 0 Å². The molecule has 0 aliphatic carbocycles. The first-order chi connectivity index (χ1) is 6.20. The minimum absolute atomic E-state index is 0.176. The maximum absolute atomic E-state index is 11.4. The standard InChI is InChI=1S/C9H18N3O/c1-12(2)9(13)6-8-7-10-4-3-5-11-8/h8,11H,3-7H2,1-2H3. The molecule has 1 heterocycles. The summed E-state index contributed by atoms with van der Waals surface area (Å²) in [6.07, 6.45) is 1.66. The van der Waals surface area contributed by atoms with Crippen molar-refractivity contribution in [3.8, 4) is 0 Å². The topological polar surface area (TPSA) is 46.4 Å². The van der Waals surface area contributed by atoms with Crippen LogP contribution in [-0.2, 0) is 4.79 Å². The molecule has 0 spiro atoms. The van der Waals surface area contributed by atoms with Crippen molar-refractivity contribution in [2.75, 3.05) is 33.7 Å². The van der Waals surface area contributed by atoms with Gasteiger partial charge in [0.15, 0.2) is 0 Å². The van der Waals surface area contributed by atoms with Crippen LogP contribution < -0.4 is 10.6 Å². The van der Waals surface area contributed by atoms with Gasteiger partial charge < -0.3 is 10.2 Å². The minimum Gasteiger partial charge on any atom is -0.349 e. The van der Waals surface area contributed by atoms with Gasteiger partial charge >= 0.3 is 0 Å². The van der Waals surface area contributed by atoms with E-state index in [1.807, 2.05) is 0 Å². The molecular weight excluding hydrogens is 166 g/mol. The van der Waals surface area contributed by atoms with Crippen LogP contribution in [0.2, 0.25) is 0 Å². The van der Waals surface area contributed by atoms with E-state index in [0.717, 1.165) is 26.1 Å². The Hall–Kier alpha value is -0.610. The number of nitrogens with one attached hydrogen (secondary N) is 1. The average molecular weight is 184 g/mol. The highest BCUT2D eigenvalue weighted by Crippen LogP contribution is 1.98. The molecule has 0 bridgehead atoms. The van der Waals surface area contributed by atoms with Gasteiger partial charge in [-0.2, -0.15) is 0 Å². The van der Waals surface area contributed by atoms with Gasteiger partial charge in [0, 0.05) is 39.6 Å². The van der Waals surface area contributed by atoms with Gasteiger partial charge in [-0.05, 0) is 13.0 Å². The van der Waals surface area contributed by atoms with Gasteiger partial charge in [0.05, 0.1) is 0 Å². The minimum atomic E-state index is 0.176. The second-order valence-corrected chi connectivity index (χ2v) is 3.63. The van der Waals surface area contributed by atoms with Crippen LogP contribution in [0.4, 0.5) is 0 Å². The summed E-state index contributed by atoms with van der Waals surface area (Å²) in [5.74, 6) is 0.176. The molecule has 1 amide bonds. The zero-order valence-electron chi connectivity index (χ0n) is 8.42. The lowest BCUT2D eigenvalue weighted by Crippen LogP contribution is -2.38. The van der Waals surface area contributed by atoms with Crippen molar-refractivity contribution < 1.29 is 4.79 Å². The predicted octanol–water partition coefficient (Wildman–Crippen LogP) is -0.569. The first kappa shape index (κ1) is 10.5. The van der Waals surface area contributed by atoms with E-state index >= 15 is 0 Å². The Morgan fingerprint density at radius 2 is 2.38 bits per heavy atom. The third kappa shape index (κ3) is 3.74. The van der Waals surface area contributed by atoms with Crippen molar-refractivity contribution in [1.82, 2.24) is 15.5 Å². The summed E-state index contributed by atoms with van der Waals surface area (Å²) >= 11 is 0. The highest BCUT2D eigenvalue weighted by atomic mass is 16.2. The fourth-order valence-electron chi connectivity index (χ4n) is 1.34. The Balaban J connectivity index is 2.29. The molecule has 0 aromatic heterocycles. The van der Waals surface area contributed by atoms with Gasteiger partial charge in [0.1, 0.15) is 0 Å². The summed E-state index contributed by atoms with van der Waals surface area (Å²) in [5, 5.41) is 7.66. The number of carbonyl (C=O) groups is 1. The van der Waals surface area contributed by atoms with Gasteiger partial charge in [-0.15, -0.1) is 0 Å². The van der Waals surface area contributed by atoms with Crippen molar-refractivity contribution in [2.45, 2.75) is 18.9 Å². The van der Waals surface area contributed by atoms with E-state index in [4.69, 9.17) is 0 Å². The second-order valence-electron chi connectivity index (χ2n) is 3.63. The number of amides is 1. The molecule has 1 aliphatic rings. The number of carbonyl (C=O) groups excluding carboxylic acids is 1. The number of nitrogens with zero attached hydrogens (tertiary/aromatic N) is 2. The number of hydrogen-bond donors (Lipinski definition) is 1. The molecule has 1 radical (unpaired) electrons. The number of rotatable bonds is 2. The Labute approximate surface area is 79.7 Å². The monoisotopic (exact) mass is 184 g/mol. The molecule has 1 saturated heterocycles. The summed E-state index contributed by atoms with van der Waals surface area (Å²) in [6, 6.07) is 0.248. The Morgan fingerprint density at radius 1 is 1.62 bits per heavy atom. The average Bonchev–Trinajstić information content (AvgIpc) is 2.32. The molecule has 1 aliphatic heterocycles. The number of hydrogen-bond acceptors (Lipinski definition) is 2. The zero-order chi connectivity index (χ0) is 9.68. The lowest BCUT2D eigenvalue weighted by Gasteiger charge is -2.17. The molecule has 0 aromatic rings. The molecule has 4 heteroatoms. The third-order valence-corrected chi connectivity index (χ3v) is 2.20. The molecule has 1 N–H and O–H groups in total. The first-order valence-corrected chi connectivity index (χ1v) is 4.77. The molecule has 0 saturated carbocycles. The van der Waals surface area contributed by atoms with Crippen molar-refractivity contribution in [3.63, 3.8) is 0 Å². The smallest absolute Gasteiger partial charge is 0.223 e. The van der Waals surface area contributed by atoms with E-state index in [9.17, 15) is 4.79 Å². The van der Waals surface area contributed by atoms with Crippen molar-refractivity contribution in [1.29, 1.82) is 0 Å². The largest absolute Gasteiger partial charge is 0.349 e. The van der Waals surface area contributed by atoms with Gasteiger partial charge in [-0.3, -0.25) is 4.79 Å². The fourth-order valence-corrected chi connectivity index (χ4v) is 1.34. The molecule has 1 rings (SSSR count). The fraction of sp³-hybridized carbons (Fsp3) is 0.889. The van der Waals surface area contributed by atoms with Gasteiger partial charge in [-0.25, -0.2) is 5.32 Å².